The van der Waals surface area contributed by atoms with E-state index in [9.17, 15) is 43.2 Å². The molecule has 0 spiro atoms. The lowest BCUT2D eigenvalue weighted by Crippen LogP contribution is -2.30. The minimum absolute atomic E-state index is 0.109. The SMILES string of the molecule is CCCCCCCCCCCCCCCCCCCCC(=O)OC[C@H](COP(=O)(O)OC[C@@H](O)COP(=O)(O)OC[C@@H](COC(=O)CCCCCCCCCCCC)OC(=O)CCCCCCCCCCCCCCCCCCC)OC(=O)CCCCCCCCCCCCCCCCCCCCC(C)C. The van der Waals surface area contributed by atoms with Crippen molar-refractivity contribution in [3.05, 3.63) is 0 Å². The van der Waals surface area contributed by atoms with E-state index in [1.165, 1.54) is 295 Å². The number of esters is 4. The van der Waals surface area contributed by atoms with Gasteiger partial charge in [0.25, 0.3) is 0 Å². The van der Waals surface area contributed by atoms with Crippen molar-refractivity contribution >= 4 is 39.5 Å². The van der Waals surface area contributed by atoms with E-state index in [2.05, 4.69) is 34.6 Å². The van der Waals surface area contributed by atoms with Crippen LogP contribution in [0.1, 0.15) is 471 Å². The molecule has 0 heterocycles. The second-order valence-electron chi connectivity index (χ2n) is 31.8. The molecule has 106 heavy (non-hydrogen) atoms. The number of hydrogen-bond acceptors (Lipinski definition) is 15. The summed E-state index contributed by atoms with van der Waals surface area (Å²) in [5.74, 6) is -1.28. The van der Waals surface area contributed by atoms with Gasteiger partial charge in [0.15, 0.2) is 12.2 Å². The first-order valence-electron chi connectivity index (χ1n) is 45.1. The van der Waals surface area contributed by atoms with Gasteiger partial charge in [-0.2, -0.15) is 0 Å². The van der Waals surface area contributed by atoms with Gasteiger partial charge < -0.3 is 33.8 Å². The van der Waals surface area contributed by atoms with Crippen LogP contribution in [0, 0.1) is 5.92 Å². The molecule has 19 heteroatoms. The molecule has 0 aromatic rings. The van der Waals surface area contributed by atoms with E-state index in [1.807, 2.05) is 0 Å². The fourth-order valence-electron chi connectivity index (χ4n) is 13.6. The third-order valence-corrected chi connectivity index (χ3v) is 22.4. The molecule has 0 aliphatic rings. The minimum Gasteiger partial charge on any atom is -0.462 e. The molecule has 0 rings (SSSR count). The lowest BCUT2D eigenvalue weighted by molar-refractivity contribution is -0.161. The van der Waals surface area contributed by atoms with Crippen LogP contribution in [-0.4, -0.2) is 96.7 Å². The molecule has 0 saturated heterocycles. The number of aliphatic hydroxyl groups excluding tert-OH is 1. The van der Waals surface area contributed by atoms with E-state index >= 15 is 0 Å². The number of carbonyl (C=O) groups excluding carboxylic acids is 4. The monoisotopic (exact) mass is 1550 g/mol. The second kappa shape index (κ2) is 79.7. The Morgan fingerprint density at radius 1 is 0.255 bits per heavy atom. The van der Waals surface area contributed by atoms with E-state index < -0.39 is 97.5 Å². The molecule has 0 bridgehead atoms. The maximum Gasteiger partial charge on any atom is 0.472 e. The maximum atomic E-state index is 13.2. The molecule has 0 radical (unpaired) electrons. The molecule has 630 valence electrons. The number of phosphoric ester groups is 2. The van der Waals surface area contributed by atoms with Crippen molar-refractivity contribution in [1.82, 2.24) is 0 Å². The molecule has 0 aromatic carbocycles. The lowest BCUT2D eigenvalue weighted by atomic mass is 10.0. The van der Waals surface area contributed by atoms with E-state index in [4.69, 9.17) is 37.0 Å². The summed E-state index contributed by atoms with van der Waals surface area (Å²) in [4.78, 5) is 73.2. The largest absolute Gasteiger partial charge is 0.472 e. The van der Waals surface area contributed by atoms with Crippen LogP contribution < -0.4 is 0 Å². The van der Waals surface area contributed by atoms with E-state index in [0.717, 1.165) is 95.8 Å². The van der Waals surface area contributed by atoms with Gasteiger partial charge in [0.1, 0.15) is 19.3 Å². The molecular formula is C87H170O17P2. The number of rotatable bonds is 87. The molecule has 0 aromatic heterocycles. The van der Waals surface area contributed by atoms with Crippen molar-refractivity contribution in [2.75, 3.05) is 39.6 Å². The fraction of sp³-hybridized carbons (Fsp3) is 0.954. The molecule has 3 N–H and O–H groups in total. The summed E-state index contributed by atoms with van der Waals surface area (Å²) < 4.78 is 68.9. The zero-order valence-electron chi connectivity index (χ0n) is 69.6. The number of ether oxygens (including phenoxy) is 4. The number of phosphoric acid groups is 2. The van der Waals surface area contributed by atoms with Gasteiger partial charge >= 0.3 is 39.5 Å². The molecule has 2 unspecified atom stereocenters. The first-order chi connectivity index (χ1) is 51.5. The van der Waals surface area contributed by atoms with Gasteiger partial charge in [-0.1, -0.05) is 420 Å². The maximum absolute atomic E-state index is 13.2. The highest BCUT2D eigenvalue weighted by Crippen LogP contribution is 2.45. The van der Waals surface area contributed by atoms with Crippen molar-refractivity contribution in [2.45, 2.75) is 490 Å². The molecule has 5 atom stereocenters. The van der Waals surface area contributed by atoms with Crippen LogP contribution in [0.5, 0.6) is 0 Å². The molecule has 0 amide bonds. The first kappa shape index (κ1) is 104. The third kappa shape index (κ3) is 80.1. The zero-order chi connectivity index (χ0) is 77.6. The number of aliphatic hydroxyl groups is 1. The third-order valence-electron chi connectivity index (χ3n) is 20.5. The Morgan fingerprint density at radius 2 is 0.434 bits per heavy atom. The number of unbranched alkanes of at least 4 members (excludes halogenated alkanes) is 59. The van der Waals surface area contributed by atoms with Crippen molar-refractivity contribution in [3.8, 4) is 0 Å². The molecule has 17 nitrogen and oxygen atoms in total. The predicted octanol–water partition coefficient (Wildman–Crippen LogP) is 26.8. The van der Waals surface area contributed by atoms with Crippen LogP contribution in [0.4, 0.5) is 0 Å². The van der Waals surface area contributed by atoms with Crippen LogP contribution in [0.2, 0.25) is 0 Å². The highest BCUT2D eigenvalue weighted by atomic mass is 31.2. The van der Waals surface area contributed by atoms with Gasteiger partial charge in [-0.3, -0.25) is 37.3 Å². The van der Waals surface area contributed by atoms with Gasteiger partial charge in [0.2, 0.25) is 0 Å². The molecule has 0 aliphatic carbocycles. The summed E-state index contributed by atoms with van der Waals surface area (Å²) in [7, 11) is -9.93. The standard InChI is InChI=1S/C87H170O17P2/c1-6-9-12-15-18-21-24-26-28-30-35-38-42-46-51-56-61-66-71-85(90)98-77-83(104-87(92)73-68-63-58-53-48-44-40-36-32-31-34-37-41-45-49-54-59-64-69-80(4)5)79-102-106(95,96)100-75-81(88)74-99-105(93,94)101-78-82(76-97-84(89)70-65-60-55-50-23-20-17-14-11-8-3)103-86(91)72-67-62-57-52-47-43-39-33-29-27-25-22-19-16-13-10-7-2/h80-83,88H,6-79H2,1-5H3,(H,93,94)(H,95,96)/t81-,82+,83+/m0/s1. The Labute approximate surface area is 651 Å². The van der Waals surface area contributed by atoms with Crippen molar-refractivity contribution in [3.63, 3.8) is 0 Å². The van der Waals surface area contributed by atoms with Gasteiger partial charge in [-0.15, -0.1) is 0 Å². The van der Waals surface area contributed by atoms with Crippen LogP contribution in [0.15, 0.2) is 0 Å². The smallest absolute Gasteiger partial charge is 0.462 e. The van der Waals surface area contributed by atoms with Crippen molar-refractivity contribution in [2.24, 2.45) is 5.92 Å². The highest BCUT2D eigenvalue weighted by Gasteiger charge is 2.30. The van der Waals surface area contributed by atoms with Gasteiger partial charge in [-0.05, 0) is 31.6 Å². The van der Waals surface area contributed by atoms with E-state index in [-0.39, 0.29) is 25.7 Å². The van der Waals surface area contributed by atoms with Crippen LogP contribution >= 0.6 is 15.6 Å². The molecule has 0 saturated carbocycles. The normalized spacial score (nSPS) is 13.7. The summed E-state index contributed by atoms with van der Waals surface area (Å²) in [5, 5.41) is 10.7. The summed E-state index contributed by atoms with van der Waals surface area (Å²) in [6, 6.07) is 0. The predicted molar refractivity (Wildman–Crippen MR) is 437 cm³/mol. The fourth-order valence-corrected chi connectivity index (χ4v) is 15.2. The van der Waals surface area contributed by atoms with Crippen molar-refractivity contribution < 1.29 is 80.2 Å². The Bertz CT molecular complexity index is 2010. The van der Waals surface area contributed by atoms with E-state index in [1.54, 1.807) is 0 Å². The topological polar surface area (TPSA) is 237 Å². The summed E-state index contributed by atoms with van der Waals surface area (Å²) in [6.45, 7) is 7.40. The Kier molecular flexibility index (Phi) is 78.2. The Balaban J connectivity index is 5.22. The summed E-state index contributed by atoms with van der Waals surface area (Å²) >= 11 is 0. The van der Waals surface area contributed by atoms with E-state index in [0.29, 0.717) is 25.7 Å². The zero-order valence-corrected chi connectivity index (χ0v) is 71.4. The number of carbonyl (C=O) groups is 4. The summed E-state index contributed by atoms with van der Waals surface area (Å²) in [6.07, 6.45) is 73.6. The van der Waals surface area contributed by atoms with Gasteiger partial charge in [0, 0.05) is 25.7 Å². The van der Waals surface area contributed by atoms with Crippen molar-refractivity contribution in [1.29, 1.82) is 0 Å². The van der Waals surface area contributed by atoms with Crippen LogP contribution in [0.25, 0.3) is 0 Å². The second-order valence-corrected chi connectivity index (χ2v) is 34.7. The highest BCUT2D eigenvalue weighted by molar-refractivity contribution is 7.47. The number of hydrogen-bond donors (Lipinski definition) is 3. The molecular weight excluding hydrogens is 1380 g/mol. The van der Waals surface area contributed by atoms with Crippen LogP contribution in [-0.2, 0) is 65.4 Å². The minimum atomic E-state index is -4.97. The Morgan fingerprint density at radius 3 is 0.642 bits per heavy atom. The Hall–Kier alpha value is -1.94. The average molecular weight is 1550 g/mol. The lowest BCUT2D eigenvalue weighted by Gasteiger charge is -2.21. The first-order valence-corrected chi connectivity index (χ1v) is 48.1. The average Bonchev–Trinajstić information content (AvgIpc) is 0.901. The van der Waals surface area contributed by atoms with Gasteiger partial charge in [-0.25, -0.2) is 9.13 Å². The molecule has 0 aliphatic heterocycles. The van der Waals surface area contributed by atoms with Gasteiger partial charge in [0.05, 0.1) is 26.4 Å². The van der Waals surface area contributed by atoms with Crippen LogP contribution in [0.3, 0.4) is 0 Å². The summed E-state index contributed by atoms with van der Waals surface area (Å²) in [5.41, 5.74) is 0. The quantitative estimate of drug-likeness (QED) is 0.0222. The molecule has 0 fully saturated rings.